The molecule has 0 spiro atoms. The summed E-state index contributed by atoms with van der Waals surface area (Å²) in [7, 11) is 0. The van der Waals surface area contributed by atoms with Crippen LogP contribution in [0.25, 0.3) is 0 Å². The molecule has 2 atom stereocenters. The van der Waals surface area contributed by atoms with Crippen LogP contribution in [0.5, 0.6) is 0 Å². The number of rotatable bonds is 4. The molecule has 0 bridgehead atoms. The van der Waals surface area contributed by atoms with E-state index in [0.717, 1.165) is 0 Å². The van der Waals surface area contributed by atoms with Gasteiger partial charge in [0.25, 0.3) is 0 Å². The molecule has 192 valence electrons. The Morgan fingerprint density at radius 3 is 2.47 bits per heavy atom. The predicted molar refractivity (Wildman–Crippen MR) is 130 cm³/mol. The summed E-state index contributed by atoms with van der Waals surface area (Å²) in [4.78, 5) is 39.3. The van der Waals surface area contributed by atoms with Crippen molar-refractivity contribution in [3.63, 3.8) is 0 Å². The van der Waals surface area contributed by atoms with Gasteiger partial charge in [-0.05, 0) is 55.0 Å². The molecule has 0 radical (unpaired) electrons. The number of nitrogens with zero attached hydrogens (tertiary/aromatic N) is 1. The SMILES string of the molecule is CCSc1cc2c(cc1NC(=O)Nc1ccc(F)cc1)NC(=O)[C@@H]1CCCC[C@@H]1N2C(=O)C(F)(F)F. The highest BCUT2D eigenvalue weighted by Gasteiger charge is 2.50. The molecule has 1 fully saturated rings. The van der Waals surface area contributed by atoms with Crippen LogP contribution in [0.3, 0.4) is 0 Å². The lowest BCUT2D eigenvalue weighted by Gasteiger charge is -2.37. The van der Waals surface area contributed by atoms with E-state index in [-0.39, 0.29) is 23.5 Å². The average molecular weight is 525 g/mol. The minimum absolute atomic E-state index is 0.00420. The standard InChI is InChI=1S/C24H24F4N4O3S/c1-2-36-20-12-19-16(11-17(20)31-23(35)29-14-9-7-13(25)8-10-14)30-21(33)15-5-3-4-6-18(15)32(19)22(34)24(26,27)28/h7-12,15,18H,2-6H2,1H3,(H,30,33)(H2,29,31,35)/t15-,18+/m1/s1. The van der Waals surface area contributed by atoms with E-state index in [9.17, 15) is 31.9 Å². The van der Waals surface area contributed by atoms with Gasteiger partial charge < -0.3 is 16.0 Å². The van der Waals surface area contributed by atoms with Crippen LogP contribution in [0, 0.1) is 11.7 Å². The van der Waals surface area contributed by atoms with Crippen LogP contribution in [0.2, 0.25) is 0 Å². The van der Waals surface area contributed by atoms with E-state index in [0.29, 0.717) is 40.5 Å². The summed E-state index contributed by atoms with van der Waals surface area (Å²) >= 11 is 1.26. The van der Waals surface area contributed by atoms with Crippen LogP contribution in [0.15, 0.2) is 41.3 Å². The van der Waals surface area contributed by atoms with Gasteiger partial charge in [0.05, 0.1) is 23.0 Å². The molecule has 4 rings (SSSR count). The number of benzene rings is 2. The Morgan fingerprint density at radius 1 is 1.11 bits per heavy atom. The first kappa shape index (κ1) is 25.8. The molecule has 1 aliphatic carbocycles. The van der Waals surface area contributed by atoms with Gasteiger partial charge in [-0.3, -0.25) is 14.5 Å². The smallest absolute Gasteiger partial charge is 0.324 e. The monoisotopic (exact) mass is 524 g/mol. The maximum Gasteiger partial charge on any atom is 0.471 e. The number of hydrogen-bond donors (Lipinski definition) is 3. The number of halogens is 4. The highest BCUT2D eigenvalue weighted by Crippen LogP contribution is 2.45. The van der Waals surface area contributed by atoms with E-state index in [1.807, 2.05) is 6.92 Å². The molecule has 2 aliphatic rings. The maximum absolute atomic E-state index is 13.7. The maximum atomic E-state index is 13.7. The molecular weight excluding hydrogens is 500 g/mol. The van der Waals surface area contributed by atoms with Gasteiger partial charge in [0, 0.05) is 16.6 Å². The van der Waals surface area contributed by atoms with Crippen molar-refractivity contribution in [2.45, 2.75) is 49.7 Å². The number of fused-ring (bicyclic) bond motifs is 2. The van der Waals surface area contributed by atoms with E-state index in [2.05, 4.69) is 16.0 Å². The van der Waals surface area contributed by atoms with Gasteiger partial charge in [-0.2, -0.15) is 13.2 Å². The zero-order valence-electron chi connectivity index (χ0n) is 19.2. The number of carbonyl (C=O) groups excluding carboxylic acids is 3. The molecule has 3 N–H and O–H groups in total. The van der Waals surface area contributed by atoms with Crippen molar-refractivity contribution < 1.29 is 31.9 Å². The number of hydrogen-bond acceptors (Lipinski definition) is 4. The molecule has 1 heterocycles. The number of alkyl halides is 3. The summed E-state index contributed by atoms with van der Waals surface area (Å²) in [6.45, 7) is 1.83. The van der Waals surface area contributed by atoms with E-state index in [1.54, 1.807) is 0 Å². The summed E-state index contributed by atoms with van der Waals surface area (Å²) in [5.41, 5.74) is 0.516. The molecule has 0 unspecified atom stereocenters. The number of carbonyl (C=O) groups is 3. The number of thioether (sulfide) groups is 1. The molecule has 0 aromatic heterocycles. The van der Waals surface area contributed by atoms with Gasteiger partial charge in [0.1, 0.15) is 5.82 Å². The Bertz CT molecular complexity index is 1170. The number of nitrogens with one attached hydrogen (secondary N) is 3. The molecule has 36 heavy (non-hydrogen) atoms. The van der Waals surface area contributed by atoms with Crippen LogP contribution in [0.4, 0.5) is 45.1 Å². The third-order valence-corrected chi connectivity index (χ3v) is 7.06. The van der Waals surface area contributed by atoms with Gasteiger partial charge in [0.2, 0.25) is 5.91 Å². The molecule has 4 amide bonds. The molecule has 2 aromatic rings. The molecule has 1 saturated carbocycles. The predicted octanol–water partition coefficient (Wildman–Crippen LogP) is 5.99. The Morgan fingerprint density at radius 2 is 1.81 bits per heavy atom. The Hall–Kier alpha value is -3.28. The fourth-order valence-corrected chi connectivity index (χ4v) is 5.36. The summed E-state index contributed by atoms with van der Waals surface area (Å²) in [5.74, 6) is -3.21. The Kier molecular flexibility index (Phi) is 7.43. The minimum atomic E-state index is -5.13. The molecular formula is C24H24F4N4O3S. The van der Waals surface area contributed by atoms with Gasteiger partial charge in [-0.25, -0.2) is 9.18 Å². The summed E-state index contributed by atoms with van der Waals surface area (Å²) in [6.07, 6.45) is -3.21. The van der Waals surface area contributed by atoms with E-state index >= 15 is 0 Å². The van der Waals surface area contributed by atoms with Crippen LogP contribution >= 0.6 is 11.8 Å². The number of urea groups is 1. The average Bonchev–Trinajstić information content (AvgIpc) is 2.93. The van der Waals surface area contributed by atoms with E-state index < -0.39 is 41.8 Å². The second-order valence-corrected chi connectivity index (χ2v) is 9.81. The Balaban J connectivity index is 1.74. The molecule has 7 nitrogen and oxygen atoms in total. The Labute approximate surface area is 209 Å². The van der Waals surface area contributed by atoms with E-state index in [1.165, 1.54) is 48.2 Å². The van der Waals surface area contributed by atoms with E-state index in [4.69, 9.17) is 0 Å². The van der Waals surface area contributed by atoms with Gasteiger partial charge in [-0.1, -0.05) is 19.8 Å². The first-order valence-electron chi connectivity index (χ1n) is 11.4. The van der Waals surface area contributed by atoms with Gasteiger partial charge in [0.15, 0.2) is 0 Å². The summed E-state index contributed by atoms with van der Waals surface area (Å²) < 4.78 is 54.1. The first-order valence-corrected chi connectivity index (χ1v) is 12.4. The normalized spacial score (nSPS) is 19.5. The zero-order chi connectivity index (χ0) is 26.0. The second-order valence-electron chi connectivity index (χ2n) is 8.51. The highest BCUT2D eigenvalue weighted by atomic mass is 32.2. The lowest BCUT2D eigenvalue weighted by molar-refractivity contribution is -0.171. The molecule has 12 heteroatoms. The van der Waals surface area contributed by atoms with Crippen molar-refractivity contribution in [1.82, 2.24) is 0 Å². The molecule has 0 saturated heterocycles. The van der Waals surface area contributed by atoms with Gasteiger partial charge in [-0.15, -0.1) is 11.8 Å². The van der Waals surface area contributed by atoms with Crippen LogP contribution < -0.4 is 20.9 Å². The van der Waals surface area contributed by atoms with Crippen LogP contribution in [-0.2, 0) is 9.59 Å². The first-order chi connectivity index (χ1) is 17.1. The number of amides is 4. The van der Waals surface area contributed by atoms with Crippen LogP contribution in [0.1, 0.15) is 32.6 Å². The highest BCUT2D eigenvalue weighted by molar-refractivity contribution is 7.99. The molecule has 2 aromatic carbocycles. The lowest BCUT2D eigenvalue weighted by atomic mass is 9.83. The third kappa shape index (κ3) is 5.43. The lowest BCUT2D eigenvalue weighted by Crippen LogP contribution is -2.52. The van der Waals surface area contributed by atoms with Crippen molar-refractivity contribution in [3.8, 4) is 0 Å². The van der Waals surface area contributed by atoms with Crippen molar-refractivity contribution in [3.05, 3.63) is 42.2 Å². The third-order valence-electron chi connectivity index (χ3n) is 6.12. The van der Waals surface area contributed by atoms with Crippen molar-refractivity contribution in [1.29, 1.82) is 0 Å². The summed E-state index contributed by atoms with van der Waals surface area (Å²) in [5, 5.41) is 7.86. The fourth-order valence-electron chi connectivity index (χ4n) is 4.59. The quantitative estimate of drug-likeness (QED) is 0.339. The van der Waals surface area contributed by atoms with Crippen molar-refractivity contribution in [2.24, 2.45) is 5.92 Å². The zero-order valence-corrected chi connectivity index (χ0v) is 20.1. The van der Waals surface area contributed by atoms with Gasteiger partial charge >= 0.3 is 18.1 Å². The van der Waals surface area contributed by atoms with Crippen LogP contribution in [-0.4, -0.2) is 35.8 Å². The minimum Gasteiger partial charge on any atom is -0.324 e. The fraction of sp³-hybridized carbons (Fsp3) is 0.375. The summed E-state index contributed by atoms with van der Waals surface area (Å²) in [6, 6.07) is 6.27. The second kappa shape index (κ2) is 10.4. The largest absolute Gasteiger partial charge is 0.471 e. The van der Waals surface area contributed by atoms with Crippen molar-refractivity contribution in [2.75, 3.05) is 26.6 Å². The molecule has 1 aliphatic heterocycles. The topological polar surface area (TPSA) is 90.5 Å². The number of anilines is 4. The van der Waals surface area contributed by atoms with Crippen molar-refractivity contribution >= 4 is 52.4 Å².